The SMILES string of the molecule is CCC(O)CCNCc1c(Br)c(C)nn1CC. The maximum Gasteiger partial charge on any atom is 0.0739 e. The highest BCUT2D eigenvalue weighted by Crippen LogP contribution is 2.20. The average Bonchev–Trinajstić information content (AvgIpc) is 2.61. The summed E-state index contributed by atoms with van der Waals surface area (Å²) in [7, 11) is 0. The lowest BCUT2D eigenvalue weighted by atomic mass is 10.2. The van der Waals surface area contributed by atoms with Crippen molar-refractivity contribution in [1.82, 2.24) is 15.1 Å². The van der Waals surface area contributed by atoms with Crippen LogP contribution in [0, 0.1) is 6.92 Å². The molecule has 0 saturated carbocycles. The molecule has 17 heavy (non-hydrogen) atoms. The number of halogens is 1. The van der Waals surface area contributed by atoms with Crippen LogP contribution in [0.15, 0.2) is 4.47 Å². The fraction of sp³-hybridized carbons (Fsp3) is 0.750. The van der Waals surface area contributed by atoms with Gasteiger partial charge in [0.05, 0.1) is 22.0 Å². The molecule has 1 aromatic rings. The molecule has 1 unspecified atom stereocenters. The summed E-state index contributed by atoms with van der Waals surface area (Å²) in [6.45, 7) is 8.57. The number of aromatic nitrogens is 2. The second-order valence-corrected chi connectivity index (χ2v) is 4.98. The van der Waals surface area contributed by atoms with Crippen molar-refractivity contribution in [3.8, 4) is 0 Å². The Balaban J connectivity index is 2.46. The third-order valence-corrected chi connectivity index (χ3v) is 3.90. The normalized spacial score (nSPS) is 13.0. The number of aliphatic hydroxyl groups is 1. The van der Waals surface area contributed by atoms with Crippen molar-refractivity contribution in [2.24, 2.45) is 0 Å². The summed E-state index contributed by atoms with van der Waals surface area (Å²) in [5.74, 6) is 0. The van der Waals surface area contributed by atoms with Crippen molar-refractivity contribution in [2.75, 3.05) is 6.54 Å². The number of aliphatic hydroxyl groups excluding tert-OH is 1. The van der Waals surface area contributed by atoms with Gasteiger partial charge < -0.3 is 10.4 Å². The zero-order valence-electron chi connectivity index (χ0n) is 10.8. The molecule has 0 aliphatic carbocycles. The van der Waals surface area contributed by atoms with Crippen LogP contribution in [0.25, 0.3) is 0 Å². The maximum atomic E-state index is 9.45. The fourth-order valence-electron chi connectivity index (χ4n) is 1.72. The van der Waals surface area contributed by atoms with Gasteiger partial charge in [-0.1, -0.05) is 6.92 Å². The maximum absolute atomic E-state index is 9.45. The molecule has 1 rings (SSSR count). The van der Waals surface area contributed by atoms with Gasteiger partial charge in [-0.15, -0.1) is 0 Å². The monoisotopic (exact) mass is 303 g/mol. The molecule has 0 aromatic carbocycles. The van der Waals surface area contributed by atoms with Crippen LogP contribution in [-0.4, -0.2) is 27.5 Å². The van der Waals surface area contributed by atoms with Gasteiger partial charge in [0.25, 0.3) is 0 Å². The van der Waals surface area contributed by atoms with Crippen molar-refractivity contribution in [3.63, 3.8) is 0 Å². The van der Waals surface area contributed by atoms with E-state index in [1.807, 2.05) is 18.5 Å². The van der Waals surface area contributed by atoms with E-state index >= 15 is 0 Å². The first-order chi connectivity index (χ1) is 8.10. The smallest absolute Gasteiger partial charge is 0.0739 e. The Labute approximate surface area is 112 Å². The number of aryl methyl sites for hydroxylation is 2. The molecule has 0 spiro atoms. The van der Waals surface area contributed by atoms with Crippen LogP contribution in [0.4, 0.5) is 0 Å². The zero-order chi connectivity index (χ0) is 12.8. The second-order valence-electron chi connectivity index (χ2n) is 4.19. The van der Waals surface area contributed by atoms with Crippen molar-refractivity contribution in [2.45, 2.75) is 52.8 Å². The lowest BCUT2D eigenvalue weighted by Gasteiger charge is -2.10. The van der Waals surface area contributed by atoms with E-state index in [4.69, 9.17) is 0 Å². The molecule has 0 radical (unpaired) electrons. The van der Waals surface area contributed by atoms with E-state index in [-0.39, 0.29) is 6.10 Å². The molecule has 5 heteroatoms. The first-order valence-corrected chi connectivity index (χ1v) is 6.99. The summed E-state index contributed by atoms with van der Waals surface area (Å²) >= 11 is 3.56. The summed E-state index contributed by atoms with van der Waals surface area (Å²) in [5.41, 5.74) is 2.20. The lowest BCUT2D eigenvalue weighted by Crippen LogP contribution is -2.21. The molecule has 1 aromatic heterocycles. The highest BCUT2D eigenvalue weighted by molar-refractivity contribution is 9.10. The summed E-state index contributed by atoms with van der Waals surface area (Å²) in [6.07, 6.45) is 1.42. The minimum Gasteiger partial charge on any atom is -0.393 e. The van der Waals surface area contributed by atoms with Crippen LogP contribution in [-0.2, 0) is 13.1 Å². The Morgan fingerprint density at radius 2 is 2.18 bits per heavy atom. The van der Waals surface area contributed by atoms with Crippen molar-refractivity contribution in [3.05, 3.63) is 15.9 Å². The molecule has 0 amide bonds. The van der Waals surface area contributed by atoms with Crippen LogP contribution in [0.3, 0.4) is 0 Å². The molecule has 98 valence electrons. The fourth-order valence-corrected chi connectivity index (χ4v) is 2.14. The number of hydrogen-bond donors (Lipinski definition) is 2. The largest absolute Gasteiger partial charge is 0.393 e. The summed E-state index contributed by atoms with van der Waals surface area (Å²) in [5, 5.41) is 17.2. The Morgan fingerprint density at radius 1 is 1.47 bits per heavy atom. The Bertz CT molecular complexity index is 352. The van der Waals surface area contributed by atoms with Crippen molar-refractivity contribution < 1.29 is 5.11 Å². The predicted molar refractivity (Wildman–Crippen MR) is 73.0 cm³/mol. The van der Waals surface area contributed by atoms with Gasteiger partial charge in [-0.05, 0) is 49.2 Å². The van der Waals surface area contributed by atoms with Gasteiger partial charge in [-0.3, -0.25) is 4.68 Å². The first-order valence-electron chi connectivity index (χ1n) is 6.20. The quantitative estimate of drug-likeness (QED) is 0.760. The van der Waals surface area contributed by atoms with E-state index in [1.54, 1.807) is 0 Å². The molecule has 1 atom stereocenters. The summed E-state index contributed by atoms with van der Waals surface area (Å²) in [6, 6.07) is 0. The third kappa shape index (κ3) is 4.08. The van der Waals surface area contributed by atoms with Gasteiger partial charge >= 0.3 is 0 Å². The topological polar surface area (TPSA) is 50.1 Å². The van der Waals surface area contributed by atoms with Crippen molar-refractivity contribution in [1.29, 1.82) is 0 Å². The molecule has 1 heterocycles. The van der Waals surface area contributed by atoms with Gasteiger partial charge in [0.2, 0.25) is 0 Å². The minimum atomic E-state index is -0.191. The number of rotatable bonds is 7. The van der Waals surface area contributed by atoms with Gasteiger partial charge in [-0.25, -0.2) is 0 Å². The van der Waals surface area contributed by atoms with E-state index in [0.29, 0.717) is 0 Å². The van der Waals surface area contributed by atoms with Crippen molar-refractivity contribution >= 4 is 15.9 Å². The van der Waals surface area contributed by atoms with Crippen LogP contribution in [0.2, 0.25) is 0 Å². The summed E-state index contributed by atoms with van der Waals surface area (Å²) < 4.78 is 3.09. The Morgan fingerprint density at radius 3 is 2.76 bits per heavy atom. The van der Waals surface area contributed by atoms with Crippen LogP contribution < -0.4 is 5.32 Å². The average molecular weight is 304 g/mol. The molecule has 0 bridgehead atoms. The summed E-state index contributed by atoms with van der Waals surface area (Å²) in [4.78, 5) is 0. The Hall–Kier alpha value is -0.390. The molecule has 0 aliphatic heterocycles. The van der Waals surface area contributed by atoms with Crippen LogP contribution in [0.1, 0.15) is 38.1 Å². The molecule has 0 aliphatic rings. The third-order valence-electron chi connectivity index (χ3n) is 2.87. The minimum absolute atomic E-state index is 0.191. The first kappa shape index (κ1) is 14.7. The molecular formula is C12H22BrN3O. The van der Waals surface area contributed by atoms with E-state index in [2.05, 4.69) is 33.3 Å². The number of nitrogens with one attached hydrogen (secondary N) is 1. The highest BCUT2D eigenvalue weighted by Gasteiger charge is 2.11. The van der Waals surface area contributed by atoms with E-state index in [9.17, 15) is 5.11 Å². The number of hydrogen-bond acceptors (Lipinski definition) is 3. The second kappa shape index (κ2) is 7.13. The zero-order valence-corrected chi connectivity index (χ0v) is 12.4. The molecule has 4 nitrogen and oxygen atoms in total. The van der Waals surface area contributed by atoms with E-state index in [0.717, 1.165) is 42.6 Å². The van der Waals surface area contributed by atoms with E-state index in [1.165, 1.54) is 5.69 Å². The van der Waals surface area contributed by atoms with Gasteiger partial charge in [0.15, 0.2) is 0 Å². The Kier molecular flexibility index (Phi) is 6.16. The molecule has 2 N–H and O–H groups in total. The number of nitrogens with zero attached hydrogens (tertiary/aromatic N) is 2. The van der Waals surface area contributed by atoms with Gasteiger partial charge in [-0.2, -0.15) is 5.10 Å². The van der Waals surface area contributed by atoms with E-state index < -0.39 is 0 Å². The predicted octanol–water partition coefficient (Wildman–Crippen LogP) is 2.22. The molecular weight excluding hydrogens is 282 g/mol. The highest BCUT2D eigenvalue weighted by atomic mass is 79.9. The van der Waals surface area contributed by atoms with Gasteiger partial charge in [0, 0.05) is 13.1 Å². The lowest BCUT2D eigenvalue weighted by molar-refractivity contribution is 0.159. The molecule has 0 fully saturated rings. The van der Waals surface area contributed by atoms with Gasteiger partial charge in [0.1, 0.15) is 0 Å². The molecule has 0 saturated heterocycles. The van der Waals surface area contributed by atoms with Crippen LogP contribution >= 0.6 is 15.9 Å². The standard InChI is InChI=1S/C12H22BrN3O/c1-4-10(17)6-7-14-8-11-12(13)9(3)15-16(11)5-2/h10,14,17H,4-8H2,1-3H3. The van der Waals surface area contributed by atoms with Crippen LogP contribution in [0.5, 0.6) is 0 Å².